The number of aliphatic hydroxyl groups is 1. The average Bonchev–Trinajstić information content (AvgIpc) is 2.58. The number of aliphatic hydroxyl groups excluding tert-OH is 1. The molecule has 0 radical (unpaired) electrons. The quantitative estimate of drug-likeness (QED) is 0.559. The molecule has 0 aliphatic heterocycles. The van der Waals surface area contributed by atoms with Crippen LogP contribution in [0.15, 0.2) is 30.5 Å². The van der Waals surface area contributed by atoms with Crippen molar-refractivity contribution in [1.29, 1.82) is 0 Å². The molecule has 7 nitrogen and oxygen atoms in total. The number of benzene rings is 1. The van der Waals surface area contributed by atoms with Crippen molar-refractivity contribution in [1.82, 2.24) is 15.3 Å². The van der Waals surface area contributed by atoms with Crippen LogP contribution in [0, 0.1) is 0 Å². The second-order valence-corrected chi connectivity index (χ2v) is 5.35. The van der Waals surface area contributed by atoms with Gasteiger partial charge in [0.25, 0.3) is 0 Å². The van der Waals surface area contributed by atoms with Crippen molar-refractivity contribution >= 4 is 23.4 Å². The molecule has 0 saturated heterocycles. The second kappa shape index (κ2) is 8.48. The first-order valence-corrected chi connectivity index (χ1v) is 7.69. The molecule has 10 heteroatoms. The van der Waals surface area contributed by atoms with E-state index >= 15 is 0 Å². The normalized spacial score (nSPS) is 11.1. The zero-order valence-corrected chi connectivity index (χ0v) is 13.9. The predicted molar refractivity (Wildman–Crippen MR) is 89.9 cm³/mol. The molecule has 0 unspecified atom stereocenters. The number of amides is 1. The Labute approximate surface area is 147 Å². The highest BCUT2D eigenvalue weighted by Crippen LogP contribution is 2.34. The minimum absolute atomic E-state index is 0.0323. The maximum atomic E-state index is 13.1. The van der Waals surface area contributed by atoms with Gasteiger partial charge in [-0.05, 0) is 17.7 Å². The molecular weight excluding hydrogens is 351 g/mol. The molecule has 0 aliphatic carbocycles. The summed E-state index contributed by atoms with van der Waals surface area (Å²) < 4.78 is 39.3. The molecule has 1 aromatic carbocycles. The third-order valence-electron chi connectivity index (χ3n) is 3.25. The third kappa shape index (κ3) is 5.59. The van der Waals surface area contributed by atoms with Gasteiger partial charge in [0.15, 0.2) is 0 Å². The Kier molecular flexibility index (Phi) is 6.34. The van der Waals surface area contributed by atoms with E-state index in [2.05, 4.69) is 25.9 Å². The number of carbonyl (C=O) groups is 1. The van der Waals surface area contributed by atoms with Crippen LogP contribution in [0.2, 0.25) is 0 Å². The maximum absolute atomic E-state index is 13.1. The summed E-state index contributed by atoms with van der Waals surface area (Å²) in [5, 5.41) is 17.0. The van der Waals surface area contributed by atoms with Gasteiger partial charge in [-0.15, -0.1) is 0 Å². The van der Waals surface area contributed by atoms with Crippen LogP contribution in [-0.2, 0) is 17.6 Å². The summed E-state index contributed by atoms with van der Waals surface area (Å²) in [4.78, 5) is 18.4. The van der Waals surface area contributed by atoms with Gasteiger partial charge in [-0.3, -0.25) is 4.79 Å². The van der Waals surface area contributed by atoms with Crippen LogP contribution in [0.1, 0.15) is 18.1 Å². The largest absolute Gasteiger partial charge is 0.421 e. The Balaban J connectivity index is 2.19. The first kappa shape index (κ1) is 19.4. The molecular formula is C16H18F3N5O2. The molecule has 0 atom stereocenters. The van der Waals surface area contributed by atoms with E-state index in [0.29, 0.717) is 17.4 Å². The standard InChI is InChI=1S/C16H18F3N5O2/c1-10(26)20-5-6-21-14-13(16(17,18)19)8-22-15(24-14)23-12-4-2-3-11(7-12)9-25/h2-4,7-8,25H,5-6,9H2,1H3,(H,20,26)(H2,21,22,23,24). The molecule has 1 amide bonds. The van der Waals surface area contributed by atoms with Crippen molar-refractivity contribution in [3.05, 3.63) is 41.6 Å². The molecule has 0 saturated carbocycles. The zero-order valence-electron chi connectivity index (χ0n) is 13.9. The lowest BCUT2D eigenvalue weighted by Gasteiger charge is -2.15. The monoisotopic (exact) mass is 369 g/mol. The van der Waals surface area contributed by atoms with Gasteiger partial charge < -0.3 is 21.1 Å². The number of aromatic nitrogens is 2. The minimum Gasteiger partial charge on any atom is -0.392 e. The molecule has 1 aromatic heterocycles. The Morgan fingerprint density at radius 2 is 2.04 bits per heavy atom. The van der Waals surface area contributed by atoms with Gasteiger partial charge in [0.1, 0.15) is 11.4 Å². The number of halogens is 3. The van der Waals surface area contributed by atoms with Crippen LogP contribution in [0.3, 0.4) is 0 Å². The van der Waals surface area contributed by atoms with E-state index in [1.54, 1.807) is 24.3 Å². The highest BCUT2D eigenvalue weighted by atomic mass is 19.4. The summed E-state index contributed by atoms with van der Waals surface area (Å²) in [7, 11) is 0. The van der Waals surface area contributed by atoms with Crippen LogP contribution in [0.4, 0.5) is 30.6 Å². The van der Waals surface area contributed by atoms with Gasteiger partial charge in [0.05, 0.1) is 6.61 Å². The highest BCUT2D eigenvalue weighted by Gasteiger charge is 2.35. The molecule has 0 fully saturated rings. The number of nitrogens with zero attached hydrogens (tertiary/aromatic N) is 2. The molecule has 140 valence electrons. The average molecular weight is 369 g/mol. The van der Waals surface area contributed by atoms with Crippen molar-refractivity contribution < 1.29 is 23.1 Å². The van der Waals surface area contributed by atoms with E-state index in [9.17, 15) is 18.0 Å². The number of nitrogens with one attached hydrogen (secondary N) is 3. The first-order valence-electron chi connectivity index (χ1n) is 7.69. The Hall–Kier alpha value is -2.88. The van der Waals surface area contributed by atoms with Gasteiger partial charge in [-0.25, -0.2) is 4.98 Å². The fraction of sp³-hybridized carbons (Fsp3) is 0.312. The van der Waals surface area contributed by atoms with Crippen molar-refractivity contribution in [3.8, 4) is 0 Å². The zero-order chi connectivity index (χ0) is 19.2. The first-order chi connectivity index (χ1) is 12.3. The second-order valence-electron chi connectivity index (χ2n) is 5.35. The van der Waals surface area contributed by atoms with Gasteiger partial charge >= 0.3 is 6.18 Å². The molecule has 1 heterocycles. The molecule has 0 spiro atoms. The van der Waals surface area contributed by atoms with E-state index in [4.69, 9.17) is 5.11 Å². The lowest BCUT2D eigenvalue weighted by atomic mass is 10.2. The summed E-state index contributed by atoms with van der Waals surface area (Å²) in [5.41, 5.74) is 0.158. The van der Waals surface area contributed by atoms with Gasteiger partial charge in [0.2, 0.25) is 11.9 Å². The number of carbonyl (C=O) groups excluding carboxylic acids is 1. The van der Waals surface area contributed by atoms with Crippen LogP contribution < -0.4 is 16.0 Å². The summed E-state index contributed by atoms with van der Waals surface area (Å²) in [5.74, 6) is -0.703. The fourth-order valence-corrected chi connectivity index (χ4v) is 2.08. The smallest absolute Gasteiger partial charge is 0.392 e. The molecule has 2 aromatic rings. The molecule has 2 rings (SSSR count). The van der Waals surface area contributed by atoms with Crippen LogP contribution in [0.25, 0.3) is 0 Å². The van der Waals surface area contributed by atoms with E-state index in [1.165, 1.54) is 6.92 Å². The minimum atomic E-state index is -4.62. The number of alkyl halides is 3. The number of hydrogen-bond donors (Lipinski definition) is 4. The van der Waals surface area contributed by atoms with E-state index in [0.717, 1.165) is 0 Å². The van der Waals surface area contributed by atoms with Crippen LogP contribution in [-0.4, -0.2) is 34.1 Å². The maximum Gasteiger partial charge on any atom is 0.421 e. The van der Waals surface area contributed by atoms with Crippen molar-refractivity contribution in [3.63, 3.8) is 0 Å². The molecule has 26 heavy (non-hydrogen) atoms. The van der Waals surface area contributed by atoms with Gasteiger partial charge in [-0.2, -0.15) is 18.2 Å². The molecule has 0 aliphatic rings. The highest BCUT2D eigenvalue weighted by molar-refractivity contribution is 5.72. The fourth-order valence-electron chi connectivity index (χ4n) is 2.08. The molecule has 4 N–H and O–H groups in total. The lowest BCUT2D eigenvalue weighted by molar-refractivity contribution is -0.137. The van der Waals surface area contributed by atoms with Crippen LogP contribution >= 0.6 is 0 Å². The topological polar surface area (TPSA) is 99.2 Å². The summed E-state index contributed by atoms with van der Waals surface area (Å²) in [6.45, 7) is 1.37. The van der Waals surface area contributed by atoms with Crippen LogP contribution in [0.5, 0.6) is 0 Å². The van der Waals surface area contributed by atoms with Gasteiger partial charge in [-0.1, -0.05) is 12.1 Å². The predicted octanol–water partition coefficient (Wildman–Crippen LogP) is 2.28. The Bertz CT molecular complexity index is 768. The summed E-state index contributed by atoms with van der Waals surface area (Å²) >= 11 is 0. The van der Waals surface area contributed by atoms with E-state index in [-0.39, 0.29) is 31.6 Å². The third-order valence-corrected chi connectivity index (χ3v) is 3.25. The van der Waals surface area contributed by atoms with Crippen molar-refractivity contribution in [2.75, 3.05) is 23.7 Å². The van der Waals surface area contributed by atoms with E-state index in [1.807, 2.05) is 0 Å². The molecule has 0 bridgehead atoms. The SMILES string of the molecule is CC(=O)NCCNc1nc(Nc2cccc(CO)c2)ncc1C(F)(F)F. The number of anilines is 3. The summed E-state index contributed by atoms with van der Waals surface area (Å²) in [6.07, 6.45) is -3.93. The number of hydrogen-bond acceptors (Lipinski definition) is 6. The number of rotatable bonds is 7. The Morgan fingerprint density at radius 3 is 2.69 bits per heavy atom. The van der Waals surface area contributed by atoms with E-state index < -0.39 is 17.6 Å². The van der Waals surface area contributed by atoms with Crippen molar-refractivity contribution in [2.45, 2.75) is 19.7 Å². The lowest BCUT2D eigenvalue weighted by Crippen LogP contribution is -2.27. The Morgan fingerprint density at radius 1 is 1.27 bits per heavy atom. The van der Waals surface area contributed by atoms with Gasteiger partial charge in [0, 0.05) is 31.9 Å². The van der Waals surface area contributed by atoms with Crippen molar-refractivity contribution in [2.24, 2.45) is 0 Å². The summed E-state index contributed by atoms with van der Waals surface area (Å²) in [6, 6.07) is 6.69.